The summed E-state index contributed by atoms with van der Waals surface area (Å²) in [5.41, 5.74) is 2.56. The van der Waals surface area contributed by atoms with Gasteiger partial charge in [-0.1, -0.05) is 46.9 Å². The van der Waals surface area contributed by atoms with Crippen LogP contribution in [0.5, 0.6) is 11.8 Å². The van der Waals surface area contributed by atoms with E-state index in [1.165, 1.54) is 6.07 Å². The van der Waals surface area contributed by atoms with E-state index >= 15 is 0 Å². The largest absolute Gasteiger partial charge is 0.424 e. The molecule has 0 saturated carbocycles. The van der Waals surface area contributed by atoms with E-state index < -0.39 is 11.6 Å². The van der Waals surface area contributed by atoms with Crippen molar-refractivity contribution in [3.8, 4) is 34.1 Å². The molecule has 0 fully saturated rings. The molecule has 1 heterocycles. The van der Waals surface area contributed by atoms with Crippen molar-refractivity contribution < 1.29 is 13.5 Å². The summed E-state index contributed by atoms with van der Waals surface area (Å²) in [6, 6.07) is 15.3. The Bertz CT molecular complexity index is 1230. The van der Waals surface area contributed by atoms with Crippen LogP contribution < -0.4 is 4.74 Å². The number of benzene rings is 3. The van der Waals surface area contributed by atoms with Gasteiger partial charge in [-0.2, -0.15) is 4.98 Å². The third-order valence-electron chi connectivity index (χ3n) is 4.21. The third kappa shape index (κ3) is 4.38. The predicted octanol–water partition coefficient (Wildman–Crippen LogP) is 7.84. The highest BCUT2D eigenvalue weighted by Gasteiger charge is 2.16. The molecule has 0 spiro atoms. The van der Waals surface area contributed by atoms with Gasteiger partial charge in [-0.05, 0) is 48.0 Å². The minimum Gasteiger partial charge on any atom is -0.424 e. The highest BCUT2D eigenvalue weighted by atomic mass is 35.5. The number of aromatic nitrogens is 2. The van der Waals surface area contributed by atoms with Gasteiger partial charge in [-0.15, -0.1) is 0 Å². The number of rotatable bonds is 4. The Balaban J connectivity index is 1.83. The molecule has 0 aliphatic rings. The fraction of sp³-hybridized carbons (Fsp3) is 0. The van der Waals surface area contributed by atoms with Gasteiger partial charge in [0.25, 0.3) is 0 Å². The molecular weight excluding hydrogens is 453 g/mol. The zero-order valence-electron chi connectivity index (χ0n) is 15.0. The normalized spacial score (nSPS) is 10.8. The highest BCUT2D eigenvalue weighted by Crippen LogP contribution is 2.37. The Hall–Kier alpha value is -2.73. The lowest BCUT2D eigenvalue weighted by molar-refractivity contribution is 0.431. The summed E-state index contributed by atoms with van der Waals surface area (Å²) in [5, 5.41) is 1.45. The topological polar surface area (TPSA) is 35.0 Å². The van der Waals surface area contributed by atoms with Crippen molar-refractivity contribution in [2.75, 3.05) is 0 Å². The van der Waals surface area contributed by atoms with Crippen molar-refractivity contribution in [3.63, 3.8) is 0 Å². The van der Waals surface area contributed by atoms with Crippen LogP contribution in [0.4, 0.5) is 8.78 Å². The lowest BCUT2D eigenvalue weighted by Crippen LogP contribution is -1.98. The molecule has 0 unspecified atom stereocenters. The summed E-state index contributed by atoms with van der Waals surface area (Å²) in [6.45, 7) is 0. The van der Waals surface area contributed by atoms with Crippen molar-refractivity contribution in [1.29, 1.82) is 0 Å². The first kappa shape index (κ1) is 20.5. The summed E-state index contributed by atoms with van der Waals surface area (Å²) in [6.07, 6.45) is 1.56. The average molecular weight is 464 g/mol. The summed E-state index contributed by atoms with van der Waals surface area (Å²) < 4.78 is 32.2. The van der Waals surface area contributed by atoms with Crippen molar-refractivity contribution in [3.05, 3.63) is 93.6 Å². The Kier molecular flexibility index (Phi) is 5.86. The average Bonchev–Trinajstić information content (AvgIpc) is 2.72. The van der Waals surface area contributed by atoms with Gasteiger partial charge in [0.05, 0.1) is 10.7 Å². The maximum atomic E-state index is 13.5. The van der Waals surface area contributed by atoms with Crippen LogP contribution in [0.3, 0.4) is 0 Å². The predicted molar refractivity (Wildman–Crippen MR) is 114 cm³/mol. The van der Waals surface area contributed by atoms with Crippen molar-refractivity contribution in [2.24, 2.45) is 0 Å². The van der Waals surface area contributed by atoms with E-state index in [2.05, 4.69) is 9.97 Å². The van der Waals surface area contributed by atoms with Crippen LogP contribution >= 0.6 is 34.8 Å². The Labute approximate surface area is 185 Å². The lowest BCUT2D eigenvalue weighted by Gasteiger charge is -2.13. The second-order valence-corrected chi connectivity index (χ2v) is 7.50. The van der Waals surface area contributed by atoms with Crippen LogP contribution in [0, 0.1) is 11.6 Å². The van der Waals surface area contributed by atoms with Crippen molar-refractivity contribution >= 4 is 34.8 Å². The van der Waals surface area contributed by atoms with E-state index in [4.69, 9.17) is 39.5 Å². The van der Waals surface area contributed by atoms with Crippen LogP contribution in [0.1, 0.15) is 0 Å². The van der Waals surface area contributed by atoms with Crippen molar-refractivity contribution in [2.45, 2.75) is 0 Å². The minimum absolute atomic E-state index is 0.0558. The molecule has 0 saturated heterocycles. The van der Waals surface area contributed by atoms with E-state index in [0.29, 0.717) is 31.9 Å². The summed E-state index contributed by atoms with van der Waals surface area (Å²) in [5.74, 6) is -1.96. The van der Waals surface area contributed by atoms with E-state index in [9.17, 15) is 8.78 Å². The summed E-state index contributed by atoms with van der Waals surface area (Å²) in [4.78, 5) is 8.68. The van der Waals surface area contributed by atoms with Crippen LogP contribution in [0.15, 0.2) is 66.9 Å². The first-order chi connectivity index (χ1) is 14.4. The molecule has 30 heavy (non-hydrogen) atoms. The SMILES string of the molecule is Fc1ccc(Oc2ncc(-c3ccc(Cl)cc3)c(-c3ccc(Cl)cc3Cl)n2)cc1F. The fourth-order valence-corrected chi connectivity index (χ4v) is 3.41. The quantitative estimate of drug-likeness (QED) is 0.309. The van der Waals surface area contributed by atoms with Crippen LogP contribution in [0.25, 0.3) is 22.4 Å². The first-order valence-electron chi connectivity index (χ1n) is 8.62. The van der Waals surface area contributed by atoms with Gasteiger partial charge in [0, 0.05) is 33.4 Å². The molecule has 0 N–H and O–H groups in total. The number of ether oxygens (including phenoxy) is 1. The molecule has 3 aromatic carbocycles. The Morgan fingerprint density at radius 2 is 1.47 bits per heavy atom. The second kappa shape index (κ2) is 8.56. The molecule has 0 aliphatic carbocycles. The molecule has 4 rings (SSSR count). The zero-order valence-corrected chi connectivity index (χ0v) is 17.3. The third-order valence-corrected chi connectivity index (χ3v) is 5.01. The molecule has 0 radical (unpaired) electrons. The molecule has 1 aromatic heterocycles. The summed E-state index contributed by atoms with van der Waals surface area (Å²) in [7, 11) is 0. The first-order valence-corrected chi connectivity index (χ1v) is 9.75. The summed E-state index contributed by atoms with van der Waals surface area (Å²) >= 11 is 18.4. The Morgan fingerprint density at radius 1 is 0.733 bits per heavy atom. The molecule has 4 aromatic rings. The number of halogens is 5. The second-order valence-electron chi connectivity index (χ2n) is 6.22. The van der Waals surface area contributed by atoms with Gasteiger partial charge in [-0.25, -0.2) is 13.8 Å². The monoisotopic (exact) mass is 462 g/mol. The molecule has 3 nitrogen and oxygen atoms in total. The van der Waals surface area contributed by atoms with E-state index in [1.54, 1.807) is 36.5 Å². The number of hydrogen-bond acceptors (Lipinski definition) is 3. The molecule has 0 amide bonds. The number of hydrogen-bond donors (Lipinski definition) is 0. The number of nitrogens with zero attached hydrogens (tertiary/aromatic N) is 2. The molecular formula is C22H11Cl3F2N2O. The molecule has 0 atom stereocenters. The van der Waals surface area contributed by atoms with Crippen LogP contribution in [-0.2, 0) is 0 Å². The van der Waals surface area contributed by atoms with Crippen LogP contribution in [0.2, 0.25) is 15.1 Å². The highest BCUT2D eigenvalue weighted by molar-refractivity contribution is 6.36. The molecule has 150 valence electrons. The van der Waals surface area contributed by atoms with Crippen molar-refractivity contribution in [1.82, 2.24) is 9.97 Å². The molecule has 0 bridgehead atoms. The maximum absolute atomic E-state index is 13.5. The lowest BCUT2D eigenvalue weighted by atomic mass is 10.0. The maximum Gasteiger partial charge on any atom is 0.322 e. The standard InChI is InChI=1S/C22H11Cl3F2N2O/c23-13-3-1-12(2-4-13)17-11-28-22(30-15-6-8-19(26)20(27)10-15)29-21(17)16-7-5-14(24)9-18(16)25/h1-11H. The molecule has 8 heteroatoms. The van der Waals surface area contributed by atoms with Gasteiger partial charge in [0.1, 0.15) is 5.75 Å². The molecule has 0 aliphatic heterocycles. The van der Waals surface area contributed by atoms with E-state index in [0.717, 1.165) is 17.7 Å². The van der Waals surface area contributed by atoms with Gasteiger partial charge >= 0.3 is 6.01 Å². The smallest absolute Gasteiger partial charge is 0.322 e. The minimum atomic E-state index is -1.04. The fourth-order valence-electron chi connectivity index (χ4n) is 2.79. The van der Waals surface area contributed by atoms with Gasteiger partial charge in [0.15, 0.2) is 11.6 Å². The van der Waals surface area contributed by atoms with Crippen LogP contribution in [-0.4, -0.2) is 9.97 Å². The van der Waals surface area contributed by atoms with Gasteiger partial charge < -0.3 is 4.74 Å². The Morgan fingerprint density at radius 3 is 2.17 bits per heavy atom. The van der Waals surface area contributed by atoms with Gasteiger partial charge in [0.2, 0.25) is 0 Å². The van der Waals surface area contributed by atoms with E-state index in [1.807, 2.05) is 12.1 Å². The zero-order chi connectivity index (χ0) is 21.3. The van der Waals surface area contributed by atoms with E-state index in [-0.39, 0.29) is 11.8 Å². The van der Waals surface area contributed by atoms with Gasteiger partial charge in [-0.3, -0.25) is 0 Å².